The van der Waals surface area contributed by atoms with E-state index in [9.17, 15) is 10.1 Å². The zero-order chi connectivity index (χ0) is 17.6. The second-order valence-electron chi connectivity index (χ2n) is 5.82. The fourth-order valence-electron chi connectivity index (χ4n) is 3.00. The van der Waals surface area contributed by atoms with Crippen LogP contribution >= 0.6 is 11.3 Å². The van der Waals surface area contributed by atoms with E-state index in [0.29, 0.717) is 17.2 Å². The topological polar surface area (TPSA) is 62.1 Å². The van der Waals surface area contributed by atoms with Gasteiger partial charge in [0.1, 0.15) is 16.8 Å². The molecule has 1 aliphatic rings. The summed E-state index contributed by atoms with van der Waals surface area (Å²) in [6.07, 6.45) is 7.42. The van der Waals surface area contributed by atoms with Gasteiger partial charge >= 0.3 is 0 Å². The summed E-state index contributed by atoms with van der Waals surface area (Å²) in [6, 6.07) is 9.84. The molecule has 2 aromatic rings. The number of carbonyl (C=O) groups is 1. The van der Waals surface area contributed by atoms with Crippen LogP contribution in [-0.4, -0.2) is 12.5 Å². The van der Waals surface area contributed by atoms with E-state index < -0.39 is 0 Å². The molecule has 0 atom stereocenters. The lowest BCUT2D eigenvalue weighted by Gasteiger charge is -2.09. The molecule has 0 fully saturated rings. The van der Waals surface area contributed by atoms with E-state index in [0.717, 1.165) is 42.6 Å². The third kappa shape index (κ3) is 3.92. The summed E-state index contributed by atoms with van der Waals surface area (Å²) in [5.74, 6) is 0.514. The normalized spacial score (nSPS) is 13.3. The maximum Gasteiger partial charge on any atom is 0.249 e. The van der Waals surface area contributed by atoms with Crippen molar-refractivity contribution in [1.29, 1.82) is 5.26 Å². The molecule has 0 bridgehead atoms. The van der Waals surface area contributed by atoms with Crippen LogP contribution in [0.25, 0.3) is 6.08 Å². The van der Waals surface area contributed by atoms with Crippen LogP contribution in [0.15, 0.2) is 30.3 Å². The second kappa shape index (κ2) is 8.00. The molecule has 4 nitrogen and oxygen atoms in total. The largest absolute Gasteiger partial charge is 0.493 e. The third-order valence-corrected chi connectivity index (χ3v) is 5.36. The molecular formula is C20H20N2O2S. The Labute approximate surface area is 151 Å². The number of para-hydroxylation sites is 1. The van der Waals surface area contributed by atoms with Gasteiger partial charge in [0.25, 0.3) is 0 Å². The highest BCUT2D eigenvalue weighted by Gasteiger charge is 2.21. The lowest BCUT2D eigenvalue weighted by molar-refractivity contribution is -0.111. The smallest absolute Gasteiger partial charge is 0.249 e. The molecular weight excluding hydrogens is 332 g/mol. The minimum atomic E-state index is -0.235. The van der Waals surface area contributed by atoms with Crippen molar-refractivity contribution in [3.8, 4) is 11.8 Å². The minimum absolute atomic E-state index is 0.235. The van der Waals surface area contributed by atoms with E-state index in [1.807, 2.05) is 31.2 Å². The predicted molar refractivity (Wildman–Crippen MR) is 101 cm³/mol. The number of hydrogen-bond acceptors (Lipinski definition) is 4. The van der Waals surface area contributed by atoms with Crippen LogP contribution < -0.4 is 10.1 Å². The van der Waals surface area contributed by atoms with Gasteiger partial charge in [-0.05, 0) is 50.3 Å². The van der Waals surface area contributed by atoms with Crippen LogP contribution in [-0.2, 0) is 17.6 Å². The maximum absolute atomic E-state index is 12.3. The Morgan fingerprint density at radius 2 is 2.16 bits per heavy atom. The second-order valence-corrected chi connectivity index (χ2v) is 6.93. The van der Waals surface area contributed by atoms with E-state index in [4.69, 9.17) is 4.74 Å². The monoisotopic (exact) mass is 352 g/mol. The number of nitrogens with zero attached hydrogens (tertiary/aromatic N) is 1. The van der Waals surface area contributed by atoms with Gasteiger partial charge in [-0.2, -0.15) is 5.26 Å². The van der Waals surface area contributed by atoms with Crippen LogP contribution in [0.4, 0.5) is 5.00 Å². The van der Waals surface area contributed by atoms with Gasteiger partial charge in [-0.3, -0.25) is 4.79 Å². The molecule has 1 aromatic heterocycles. The van der Waals surface area contributed by atoms with Crippen molar-refractivity contribution in [1.82, 2.24) is 0 Å². The summed E-state index contributed by atoms with van der Waals surface area (Å²) in [7, 11) is 0. The molecule has 3 rings (SSSR count). The number of thiophene rings is 1. The summed E-state index contributed by atoms with van der Waals surface area (Å²) in [6.45, 7) is 2.50. The van der Waals surface area contributed by atoms with Crippen LogP contribution in [0, 0.1) is 11.3 Å². The number of fused-ring (bicyclic) bond motifs is 1. The fourth-order valence-corrected chi connectivity index (χ4v) is 4.24. The van der Waals surface area contributed by atoms with Crippen LogP contribution in [0.5, 0.6) is 5.75 Å². The quantitative estimate of drug-likeness (QED) is 0.803. The van der Waals surface area contributed by atoms with Crippen molar-refractivity contribution in [3.63, 3.8) is 0 Å². The molecule has 128 valence electrons. The lowest BCUT2D eigenvalue weighted by atomic mass is 9.96. The van der Waals surface area contributed by atoms with Gasteiger partial charge < -0.3 is 10.1 Å². The zero-order valence-electron chi connectivity index (χ0n) is 14.2. The Morgan fingerprint density at radius 3 is 2.96 bits per heavy atom. The van der Waals surface area contributed by atoms with E-state index in [1.54, 1.807) is 6.08 Å². The average molecular weight is 352 g/mol. The third-order valence-electron chi connectivity index (χ3n) is 4.15. The molecule has 0 saturated carbocycles. The molecule has 1 amide bonds. The Morgan fingerprint density at radius 1 is 1.36 bits per heavy atom. The number of rotatable bonds is 5. The molecule has 25 heavy (non-hydrogen) atoms. The molecule has 0 radical (unpaired) electrons. The molecule has 1 heterocycles. The molecule has 0 aliphatic heterocycles. The summed E-state index contributed by atoms with van der Waals surface area (Å²) < 4.78 is 5.56. The van der Waals surface area contributed by atoms with Crippen molar-refractivity contribution < 1.29 is 9.53 Å². The Hall–Kier alpha value is -2.58. The number of amides is 1. The van der Waals surface area contributed by atoms with E-state index >= 15 is 0 Å². The number of benzene rings is 1. The molecule has 5 heteroatoms. The first-order valence-corrected chi connectivity index (χ1v) is 9.30. The van der Waals surface area contributed by atoms with Crippen molar-refractivity contribution in [2.75, 3.05) is 11.9 Å². The number of carbonyl (C=O) groups excluding carboxylic acids is 1. The molecule has 1 N–H and O–H groups in total. The number of aryl methyl sites for hydroxylation is 1. The Bertz CT molecular complexity index is 846. The fraction of sp³-hybridized carbons (Fsp3) is 0.300. The van der Waals surface area contributed by atoms with Gasteiger partial charge in [0.05, 0.1) is 12.2 Å². The van der Waals surface area contributed by atoms with Gasteiger partial charge in [-0.1, -0.05) is 18.2 Å². The van der Waals surface area contributed by atoms with Gasteiger partial charge in [0.15, 0.2) is 0 Å². The van der Waals surface area contributed by atoms with Crippen molar-refractivity contribution >= 4 is 28.3 Å². The highest BCUT2D eigenvalue weighted by atomic mass is 32.1. The highest BCUT2D eigenvalue weighted by Crippen LogP contribution is 2.37. The SMILES string of the molecule is CCOc1ccccc1/C=C/C(=O)Nc1sc2c(c1C#N)CCCC2. The summed E-state index contributed by atoms with van der Waals surface area (Å²) in [5.41, 5.74) is 2.61. The first-order chi connectivity index (χ1) is 12.2. The molecule has 0 spiro atoms. The maximum atomic E-state index is 12.3. The molecule has 1 aliphatic carbocycles. The lowest BCUT2D eigenvalue weighted by Crippen LogP contribution is -2.08. The average Bonchev–Trinajstić information content (AvgIpc) is 2.98. The van der Waals surface area contributed by atoms with Crippen LogP contribution in [0.3, 0.4) is 0 Å². The number of anilines is 1. The van der Waals surface area contributed by atoms with E-state index in [2.05, 4.69) is 11.4 Å². The highest BCUT2D eigenvalue weighted by molar-refractivity contribution is 7.16. The summed E-state index contributed by atoms with van der Waals surface area (Å²) in [4.78, 5) is 13.5. The first-order valence-electron chi connectivity index (χ1n) is 8.48. The minimum Gasteiger partial charge on any atom is -0.493 e. The summed E-state index contributed by atoms with van der Waals surface area (Å²) in [5, 5.41) is 13.0. The van der Waals surface area contributed by atoms with Gasteiger partial charge in [0.2, 0.25) is 5.91 Å². The number of nitriles is 1. The summed E-state index contributed by atoms with van der Waals surface area (Å²) >= 11 is 1.53. The predicted octanol–water partition coefficient (Wildman–Crippen LogP) is 4.55. The number of nitrogens with one attached hydrogen (secondary N) is 1. The van der Waals surface area contributed by atoms with Gasteiger partial charge in [-0.25, -0.2) is 0 Å². The standard InChI is InChI=1S/C20H20N2O2S/c1-2-24-17-9-5-3-7-14(17)11-12-19(23)22-20-16(13-21)15-8-4-6-10-18(15)25-20/h3,5,7,9,11-12H,2,4,6,8,10H2,1H3,(H,22,23)/b12-11+. The van der Waals surface area contributed by atoms with Crippen molar-refractivity contribution in [2.45, 2.75) is 32.6 Å². The van der Waals surface area contributed by atoms with E-state index in [1.165, 1.54) is 22.3 Å². The number of ether oxygens (including phenoxy) is 1. The van der Waals surface area contributed by atoms with Crippen molar-refractivity contribution in [3.05, 3.63) is 51.9 Å². The molecule has 1 aromatic carbocycles. The van der Waals surface area contributed by atoms with Crippen LogP contribution in [0.1, 0.15) is 41.3 Å². The number of hydrogen-bond donors (Lipinski definition) is 1. The Balaban J connectivity index is 1.75. The van der Waals surface area contributed by atoms with Gasteiger partial charge in [0, 0.05) is 16.5 Å². The Kier molecular flexibility index (Phi) is 5.52. The van der Waals surface area contributed by atoms with Gasteiger partial charge in [-0.15, -0.1) is 11.3 Å². The molecule has 0 saturated heterocycles. The zero-order valence-corrected chi connectivity index (χ0v) is 15.0. The van der Waals surface area contributed by atoms with E-state index in [-0.39, 0.29) is 5.91 Å². The first kappa shape index (κ1) is 17.2. The molecule has 0 unspecified atom stereocenters. The van der Waals surface area contributed by atoms with Crippen molar-refractivity contribution in [2.24, 2.45) is 0 Å². The van der Waals surface area contributed by atoms with Crippen LogP contribution in [0.2, 0.25) is 0 Å².